The summed E-state index contributed by atoms with van der Waals surface area (Å²) in [4.78, 5) is 14.9. The van der Waals surface area contributed by atoms with Gasteiger partial charge in [0, 0.05) is 24.7 Å². The quantitative estimate of drug-likeness (QED) is 0.308. The third kappa shape index (κ3) is 5.98. The van der Waals surface area contributed by atoms with E-state index in [-0.39, 0.29) is 30.1 Å². The molecule has 0 aliphatic rings. The van der Waals surface area contributed by atoms with Crippen molar-refractivity contribution in [3.63, 3.8) is 0 Å². The zero-order chi connectivity index (χ0) is 26.8. The van der Waals surface area contributed by atoms with E-state index in [1.54, 1.807) is 48.5 Å². The van der Waals surface area contributed by atoms with Gasteiger partial charge in [-0.1, -0.05) is 41.9 Å². The summed E-state index contributed by atoms with van der Waals surface area (Å²) in [5.41, 5.74) is -0.241. The molecule has 1 heterocycles. The van der Waals surface area contributed by atoms with E-state index in [4.69, 9.17) is 16.3 Å². The van der Waals surface area contributed by atoms with Gasteiger partial charge in [0.25, 0.3) is 5.56 Å². The highest BCUT2D eigenvalue weighted by Gasteiger charge is 2.34. The first-order valence-electron chi connectivity index (χ1n) is 11.1. The van der Waals surface area contributed by atoms with Crippen LogP contribution in [-0.4, -0.2) is 31.4 Å². The number of ether oxygens (including phenoxy) is 1. The smallest absolute Gasteiger partial charge is 0.416 e. The van der Waals surface area contributed by atoms with Gasteiger partial charge in [0.15, 0.2) is 0 Å². The second-order valence-corrected chi connectivity index (χ2v) is 10.6. The van der Waals surface area contributed by atoms with Gasteiger partial charge in [-0.3, -0.25) is 4.79 Å². The Kier molecular flexibility index (Phi) is 7.63. The minimum atomic E-state index is -4.76. The molecule has 0 saturated heterocycles. The highest BCUT2D eigenvalue weighted by molar-refractivity contribution is 7.89. The number of alkyl halides is 3. The maximum absolute atomic E-state index is 13.7. The van der Waals surface area contributed by atoms with Crippen molar-refractivity contribution in [1.29, 1.82) is 0 Å². The van der Waals surface area contributed by atoms with E-state index in [0.717, 1.165) is 22.0 Å². The molecule has 1 aromatic heterocycles. The Morgan fingerprint density at radius 2 is 1.73 bits per heavy atom. The Balaban J connectivity index is 1.77. The molecule has 0 aliphatic carbocycles. The van der Waals surface area contributed by atoms with Crippen LogP contribution in [0.4, 0.5) is 13.2 Å². The normalized spacial score (nSPS) is 12.3. The number of benzene rings is 3. The summed E-state index contributed by atoms with van der Waals surface area (Å²) in [6, 6.07) is 17.7. The first-order valence-corrected chi connectivity index (χ1v) is 12.9. The van der Waals surface area contributed by atoms with E-state index in [1.807, 2.05) is 6.07 Å². The summed E-state index contributed by atoms with van der Waals surface area (Å²) in [7, 11) is -3.05. The molecule has 0 amide bonds. The molecular weight excluding hydrogens is 529 g/mol. The third-order valence-electron chi connectivity index (χ3n) is 5.85. The number of aromatic amines is 1. The van der Waals surface area contributed by atoms with E-state index in [2.05, 4.69) is 4.98 Å². The van der Waals surface area contributed by atoms with Crippen molar-refractivity contribution in [2.75, 3.05) is 13.7 Å². The summed E-state index contributed by atoms with van der Waals surface area (Å²) >= 11 is 6.08. The van der Waals surface area contributed by atoms with Crippen molar-refractivity contribution < 1.29 is 26.3 Å². The summed E-state index contributed by atoms with van der Waals surface area (Å²) < 4.78 is 73.5. The van der Waals surface area contributed by atoms with Crippen molar-refractivity contribution in [2.45, 2.75) is 24.0 Å². The molecule has 0 bridgehead atoms. The predicted octanol–water partition coefficient (Wildman–Crippen LogP) is 5.64. The second-order valence-electron chi connectivity index (χ2n) is 8.29. The van der Waals surface area contributed by atoms with Crippen LogP contribution in [0.15, 0.2) is 82.5 Å². The number of hydrogen-bond donors (Lipinski definition) is 1. The number of halogens is 4. The summed E-state index contributed by atoms with van der Waals surface area (Å²) in [5, 5.41) is 0.283. The number of nitrogens with one attached hydrogen (secondary N) is 1. The van der Waals surface area contributed by atoms with Gasteiger partial charge in [-0.15, -0.1) is 0 Å². The van der Waals surface area contributed by atoms with Crippen LogP contribution in [-0.2, 0) is 29.2 Å². The van der Waals surface area contributed by atoms with Gasteiger partial charge in [-0.05, 0) is 53.8 Å². The van der Waals surface area contributed by atoms with Crippen LogP contribution >= 0.6 is 11.6 Å². The maximum atomic E-state index is 13.7. The monoisotopic (exact) mass is 550 g/mol. The lowest BCUT2D eigenvalue weighted by Gasteiger charge is -2.23. The van der Waals surface area contributed by atoms with Gasteiger partial charge in [0.2, 0.25) is 10.0 Å². The minimum absolute atomic E-state index is 0.0982. The standard InChI is InChI=1S/C26H22ClF3N2O4S/c1-36-21-9-7-18-13-19(25(33)31-23(18)15-21)16-32(12-11-17-5-3-2-4-6-17)37(34,35)24-14-20(26(28,29)30)8-10-22(24)27/h2-10,13-15H,11-12,16H2,1H3,(H,31,33). The molecule has 0 aliphatic heterocycles. The molecule has 4 rings (SSSR count). The van der Waals surface area contributed by atoms with Crippen LogP contribution in [0.5, 0.6) is 5.75 Å². The Morgan fingerprint density at radius 3 is 2.41 bits per heavy atom. The number of aromatic nitrogens is 1. The zero-order valence-corrected chi connectivity index (χ0v) is 21.1. The van der Waals surface area contributed by atoms with Crippen LogP contribution in [0, 0.1) is 0 Å². The molecule has 3 aromatic carbocycles. The van der Waals surface area contributed by atoms with Crippen molar-refractivity contribution in [3.05, 3.63) is 105 Å². The minimum Gasteiger partial charge on any atom is -0.497 e. The molecule has 6 nitrogen and oxygen atoms in total. The van der Waals surface area contributed by atoms with Crippen LogP contribution in [0.25, 0.3) is 10.9 Å². The average Bonchev–Trinajstić information content (AvgIpc) is 2.86. The van der Waals surface area contributed by atoms with Crippen molar-refractivity contribution >= 4 is 32.5 Å². The van der Waals surface area contributed by atoms with E-state index in [0.29, 0.717) is 22.7 Å². The number of nitrogens with zero attached hydrogens (tertiary/aromatic N) is 1. The van der Waals surface area contributed by atoms with Crippen molar-refractivity contribution in [1.82, 2.24) is 9.29 Å². The number of rotatable bonds is 8. The van der Waals surface area contributed by atoms with Gasteiger partial charge >= 0.3 is 6.18 Å². The average molecular weight is 551 g/mol. The molecule has 37 heavy (non-hydrogen) atoms. The van der Waals surface area contributed by atoms with E-state index < -0.39 is 32.2 Å². The Bertz CT molecular complexity index is 1590. The van der Waals surface area contributed by atoms with Crippen LogP contribution < -0.4 is 10.3 Å². The fraction of sp³-hybridized carbons (Fsp3) is 0.192. The molecule has 0 spiro atoms. The molecule has 0 saturated carbocycles. The van der Waals surface area contributed by atoms with Crippen LogP contribution in [0.1, 0.15) is 16.7 Å². The van der Waals surface area contributed by atoms with Gasteiger partial charge < -0.3 is 9.72 Å². The van der Waals surface area contributed by atoms with Crippen LogP contribution in [0.2, 0.25) is 5.02 Å². The summed E-state index contributed by atoms with van der Waals surface area (Å²) in [6.45, 7) is -0.474. The third-order valence-corrected chi connectivity index (χ3v) is 8.17. The number of methoxy groups -OCH3 is 1. The van der Waals surface area contributed by atoms with E-state index in [9.17, 15) is 26.4 Å². The van der Waals surface area contributed by atoms with Gasteiger partial charge in [0.1, 0.15) is 10.6 Å². The number of sulfonamides is 1. The lowest BCUT2D eigenvalue weighted by atomic mass is 10.1. The predicted molar refractivity (Wildman–Crippen MR) is 135 cm³/mol. The SMILES string of the molecule is COc1ccc2cc(CN(CCc3ccccc3)S(=O)(=O)c3cc(C(F)(F)F)ccc3Cl)c(=O)[nH]c2c1. The fourth-order valence-corrected chi connectivity index (χ4v) is 5.78. The first kappa shape index (κ1) is 26.7. The second kappa shape index (κ2) is 10.6. The number of hydrogen-bond acceptors (Lipinski definition) is 4. The molecular formula is C26H22ClF3N2O4S. The highest BCUT2D eigenvalue weighted by atomic mass is 35.5. The van der Waals surface area contributed by atoms with Crippen molar-refractivity contribution in [2.24, 2.45) is 0 Å². The number of H-pyrrole nitrogens is 1. The summed E-state index contributed by atoms with van der Waals surface area (Å²) in [5.74, 6) is 0.530. The molecule has 0 unspecified atom stereocenters. The molecule has 0 fully saturated rings. The Hall–Kier alpha value is -3.34. The molecule has 0 atom stereocenters. The van der Waals surface area contributed by atoms with E-state index in [1.165, 1.54) is 7.11 Å². The molecule has 194 valence electrons. The molecule has 0 radical (unpaired) electrons. The largest absolute Gasteiger partial charge is 0.497 e. The molecule has 1 N–H and O–H groups in total. The van der Waals surface area contributed by atoms with Gasteiger partial charge in [0.05, 0.1) is 23.2 Å². The summed E-state index contributed by atoms with van der Waals surface area (Å²) in [6.07, 6.45) is -4.50. The zero-order valence-electron chi connectivity index (χ0n) is 19.5. The van der Waals surface area contributed by atoms with Gasteiger partial charge in [-0.25, -0.2) is 8.42 Å². The fourth-order valence-electron chi connectivity index (χ4n) is 3.86. The van der Waals surface area contributed by atoms with E-state index >= 15 is 0 Å². The topological polar surface area (TPSA) is 79.5 Å². The lowest BCUT2D eigenvalue weighted by molar-refractivity contribution is -0.137. The van der Waals surface area contributed by atoms with Gasteiger partial charge in [-0.2, -0.15) is 17.5 Å². The number of pyridine rings is 1. The number of fused-ring (bicyclic) bond motifs is 1. The van der Waals surface area contributed by atoms with Crippen LogP contribution in [0.3, 0.4) is 0 Å². The molecule has 11 heteroatoms. The Morgan fingerprint density at radius 1 is 1.00 bits per heavy atom. The highest BCUT2D eigenvalue weighted by Crippen LogP contribution is 2.35. The lowest BCUT2D eigenvalue weighted by Crippen LogP contribution is -2.35. The first-order chi connectivity index (χ1) is 17.5. The maximum Gasteiger partial charge on any atom is 0.416 e. The molecule has 4 aromatic rings. The van der Waals surface area contributed by atoms with Crippen molar-refractivity contribution in [3.8, 4) is 5.75 Å². The Labute approximate surface area is 216 Å².